The Kier molecular flexibility index (Phi) is 26.6. The van der Waals surface area contributed by atoms with Gasteiger partial charge in [-0.3, -0.25) is 4.79 Å². The zero-order valence-electron chi connectivity index (χ0n) is 24.1. The normalized spacial score (nSPS) is 13.2. The molecule has 0 bridgehead atoms. The van der Waals surface area contributed by atoms with Crippen molar-refractivity contribution in [1.82, 2.24) is 0 Å². The number of carbonyl (C=O) groups is 1. The lowest BCUT2D eigenvalue weighted by Gasteiger charge is -2.19. The molecule has 0 radical (unpaired) electrons. The molecule has 0 amide bonds. The van der Waals surface area contributed by atoms with Gasteiger partial charge in [-0.15, -0.1) is 0 Å². The van der Waals surface area contributed by atoms with Crippen LogP contribution >= 0.6 is 0 Å². The van der Waals surface area contributed by atoms with Crippen LogP contribution in [-0.2, 0) is 9.53 Å². The van der Waals surface area contributed by atoms with Gasteiger partial charge < -0.3 is 4.74 Å². The highest BCUT2D eigenvalue weighted by molar-refractivity contribution is 5.71. The zero-order valence-corrected chi connectivity index (χ0v) is 24.1. The van der Waals surface area contributed by atoms with Crippen molar-refractivity contribution in [3.8, 4) is 0 Å². The lowest BCUT2D eigenvalue weighted by molar-refractivity contribution is -0.149. The van der Waals surface area contributed by atoms with Crippen LogP contribution in [0.15, 0.2) is 0 Å². The zero-order chi connectivity index (χ0) is 25.1. The Morgan fingerprint density at radius 3 is 1.21 bits per heavy atom. The van der Waals surface area contributed by atoms with Gasteiger partial charge in [0.1, 0.15) is 0 Å². The Morgan fingerprint density at radius 2 is 0.824 bits per heavy atom. The third-order valence-electron chi connectivity index (χ3n) is 7.54. The van der Waals surface area contributed by atoms with Crippen LogP contribution in [-0.4, -0.2) is 12.6 Å². The van der Waals surface area contributed by atoms with Gasteiger partial charge in [-0.1, -0.05) is 163 Å². The van der Waals surface area contributed by atoms with Crippen molar-refractivity contribution >= 4 is 5.97 Å². The van der Waals surface area contributed by atoms with Gasteiger partial charge in [-0.05, 0) is 25.2 Å². The van der Waals surface area contributed by atoms with Gasteiger partial charge in [-0.25, -0.2) is 0 Å². The number of unbranched alkanes of at least 4 members (excludes halogenated alkanes) is 18. The molecule has 0 aliphatic carbocycles. The second-order valence-corrected chi connectivity index (χ2v) is 11.1. The Hall–Kier alpha value is -0.530. The smallest absolute Gasteiger partial charge is 0.308 e. The van der Waals surface area contributed by atoms with Crippen molar-refractivity contribution in [2.45, 2.75) is 182 Å². The molecule has 2 nitrogen and oxygen atoms in total. The van der Waals surface area contributed by atoms with E-state index in [1.165, 1.54) is 141 Å². The van der Waals surface area contributed by atoms with E-state index in [1.807, 2.05) is 0 Å². The van der Waals surface area contributed by atoms with Crippen molar-refractivity contribution < 1.29 is 9.53 Å². The molecule has 0 fully saturated rings. The van der Waals surface area contributed by atoms with Gasteiger partial charge in [0.15, 0.2) is 0 Å². The molecular formula is C32H64O2. The van der Waals surface area contributed by atoms with Crippen molar-refractivity contribution in [1.29, 1.82) is 0 Å². The number of ether oxygens (including phenoxy) is 1. The lowest BCUT2D eigenvalue weighted by atomic mass is 9.94. The Morgan fingerprint density at radius 1 is 0.500 bits per heavy atom. The summed E-state index contributed by atoms with van der Waals surface area (Å²) < 4.78 is 5.84. The molecule has 0 spiro atoms. The summed E-state index contributed by atoms with van der Waals surface area (Å²) in [5, 5.41) is 0. The van der Waals surface area contributed by atoms with Gasteiger partial charge in [0.25, 0.3) is 0 Å². The van der Waals surface area contributed by atoms with Crippen LogP contribution in [0.3, 0.4) is 0 Å². The Labute approximate surface area is 215 Å². The van der Waals surface area contributed by atoms with Gasteiger partial charge in [0.05, 0.1) is 12.5 Å². The monoisotopic (exact) mass is 480 g/mol. The van der Waals surface area contributed by atoms with Gasteiger partial charge in [0.2, 0.25) is 0 Å². The average molecular weight is 481 g/mol. The summed E-state index contributed by atoms with van der Waals surface area (Å²) in [6.45, 7) is 9.54. The number of carbonyl (C=O) groups excluding carboxylic acids is 1. The van der Waals surface area contributed by atoms with E-state index >= 15 is 0 Å². The minimum absolute atomic E-state index is 0.0477. The molecule has 0 aliphatic heterocycles. The van der Waals surface area contributed by atoms with Crippen molar-refractivity contribution in [3.63, 3.8) is 0 Å². The van der Waals surface area contributed by atoms with E-state index < -0.39 is 0 Å². The molecule has 0 aromatic rings. The fraction of sp³-hybridized carbons (Fsp3) is 0.969. The highest BCUT2D eigenvalue weighted by Gasteiger charge is 2.17. The predicted molar refractivity (Wildman–Crippen MR) is 151 cm³/mol. The minimum Gasteiger partial charge on any atom is -0.465 e. The third-order valence-corrected chi connectivity index (χ3v) is 7.54. The molecule has 0 aromatic heterocycles. The number of rotatable bonds is 27. The summed E-state index contributed by atoms with van der Waals surface area (Å²) in [7, 11) is 0. The summed E-state index contributed by atoms with van der Waals surface area (Å²) in [4.78, 5) is 12.5. The van der Waals surface area contributed by atoms with Crippen LogP contribution in [0.2, 0.25) is 0 Å². The van der Waals surface area contributed by atoms with E-state index in [0.717, 1.165) is 12.8 Å². The second-order valence-electron chi connectivity index (χ2n) is 11.1. The maximum Gasteiger partial charge on any atom is 0.308 e. The Bertz CT molecular complexity index is 406. The Balaban J connectivity index is 4.11. The fourth-order valence-corrected chi connectivity index (χ4v) is 4.96. The van der Waals surface area contributed by atoms with Gasteiger partial charge in [-0.2, -0.15) is 0 Å². The topological polar surface area (TPSA) is 26.3 Å². The third kappa shape index (κ3) is 23.2. The fourth-order valence-electron chi connectivity index (χ4n) is 4.96. The molecule has 0 aromatic carbocycles. The van der Waals surface area contributed by atoms with E-state index in [4.69, 9.17) is 4.74 Å². The molecule has 0 N–H and O–H groups in total. The molecule has 2 heteroatoms. The van der Waals surface area contributed by atoms with Crippen LogP contribution in [0.4, 0.5) is 0 Å². The number of hydrogen-bond acceptors (Lipinski definition) is 2. The highest BCUT2D eigenvalue weighted by atomic mass is 16.5. The molecule has 0 saturated heterocycles. The molecule has 2 unspecified atom stereocenters. The van der Waals surface area contributed by atoms with E-state index in [2.05, 4.69) is 27.7 Å². The first-order valence-corrected chi connectivity index (χ1v) is 15.8. The minimum atomic E-state index is 0.0477. The predicted octanol–water partition coefficient (Wildman–Crippen LogP) is 11.2. The SMILES string of the molecule is CCCCCCCCCCCCC(CCCCCCCC)COC(=O)C(C)CCCCCCC. The number of hydrogen-bond donors (Lipinski definition) is 0. The van der Waals surface area contributed by atoms with Crippen LogP contribution in [0.1, 0.15) is 182 Å². The maximum atomic E-state index is 12.5. The maximum absolute atomic E-state index is 12.5. The summed E-state index contributed by atoms with van der Waals surface area (Å²) in [6, 6.07) is 0. The second kappa shape index (κ2) is 27.1. The van der Waals surface area contributed by atoms with Crippen LogP contribution in [0, 0.1) is 11.8 Å². The molecule has 0 saturated carbocycles. The lowest BCUT2D eigenvalue weighted by Crippen LogP contribution is -2.20. The summed E-state index contributed by atoms with van der Waals surface area (Å²) in [5.41, 5.74) is 0. The summed E-state index contributed by atoms with van der Waals surface area (Å²) >= 11 is 0. The molecule has 0 heterocycles. The van der Waals surface area contributed by atoms with Gasteiger partial charge >= 0.3 is 5.97 Å². The van der Waals surface area contributed by atoms with Crippen molar-refractivity contribution in [3.05, 3.63) is 0 Å². The molecule has 204 valence electrons. The van der Waals surface area contributed by atoms with E-state index in [1.54, 1.807) is 0 Å². The number of esters is 1. The quantitative estimate of drug-likeness (QED) is 0.0862. The molecule has 0 aliphatic rings. The molecule has 2 atom stereocenters. The van der Waals surface area contributed by atoms with Crippen LogP contribution in [0.25, 0.3) is 0 Å². The van der Waals surface area contributed by atoms with Crippen molar-refractivity contribution in [2.24, 2.45) is 11.8 Å². The van der Waals surface area contributed by atoms with Crippen LogP contribution < -0.4 is 0 Å². The van der Waals surface area contributed by atoms with E-state index in [-0.39, 0.29) is 11.9 Å². The average Bonchev–Trinajstić information content (AvgIpc) is 2.84. The standard InChI is InChI=1S/C32H64O2/c1-5-8-11-14-16-17-18-19-22-25-28-31(27-24-21-15-12-9-6-2)29-34-32(33)30(4)26-23-20-13-10-7-3/h30-31H,5-29H2,1-4H3. The van der Waals surface area contributed by atoms with Crippen molar-refractivity contribution in [2.75, 3.05) is 6.61 Å². The summed E-state index contributed by atoms with van der Waals surface area (Å²) in [6.07, 6.45) is 31.7. The molecule has 0 rings (SSSR count). The van der Waals surface area contributed by atoms with Gasteiger partial charge in [0, 0.05) is 0 Å². The first kappa shape index (κ1) is 33.5. The molecule has 34 heavy (non-hydrogen) atoms. The largest absolute Gasteiger partial charge is 0.465 e. The first-order valence-electron chi connectivity index (χ1n) is 15.8. The molecular weight excluding hydrogens is 416 g/mol. The summed E-state index contributed by atoms with van der Waals surface area (Å²) in [5.74, 6) is 0.682. The van der Waals surface area contributed by atoms with E-state index in [0.29, 0.717) is 12.5 Å². The highest BCUT2D eigenvalue weighted by Crippen LogP contribution is 2.21. The first-order chi connectivity index (χ1) is 16.7. The van der Waals surface area contributed by atoms with Crippen LogP contribution in [0.5, 0.6) is 0 Å². The van der Waals surface area contributed by atoms with E-state index in [9.17, 15) is 4.79 Å².